The fraction of sp³-hybridized carbons (Fsp3) is 1.00. The molecule has 1 nitrogen and oxygen atoms in total. The molecule has 0 amide bonds. The van der Waals surface area contributed by atoms with Crippen LogP contribution in [-0.4, -0.2) is 13.2 Å². The van der Waals surface area contributed by atoms with Crippen LogP contribution in [0.2, 0.25) is 0 Å². The van der Waals surface area contributed by atoms with Crippen molar-refractivity contribution in [1.82, 2.24) is 0 Å². The molecular weight excluding hydrogens is 124 g/mol. The first-order chi connectivity index (χ1) is 4.57. The zero-order valence-electron chi connectivity index (χ0n) is 7.48. The summed E-state index contributed by atoms with van der Waals surface area (Å²) in [6.45, 7) is 11.1. The van der Waals surface area contributed by atoms with E-state index in [0.29, 0.717) is 5.41 Å². The van der Waals surface area contributed by atoms with Crippen LogP contribution in [0, 0.1) is 17.3 Å². The topological polar surface area (TPSA) is 9.23 Å². The van der Waals surface area contributed by atoms with E-state index in [1.165, 1.54) is 0 Å². The van der Waals surface area contributed by atoms with Crippen LogP contribution in [0.1, 0.15) is 27.7 Å². The number of ether oxygens (including phenoxy) is 1. The van der Waals surface area contributed by atoms with Gasteiger partial charge in [-0.25, -0.2) is 0 Å². The highest BCUT2D eigenvalue weighted by Crippen LogP contribution is 2.40. The minimum absolute atomic E-state index is 0.431. The lowest BCUT2D eigenvalue weighted by atomic mass is 9.72. The zero-order valence-corrected chi connectivity index (χ0v) is 7.48. The van der Waals surface area contributed by atoms with E-state index in [1.54, 1.807) is 0 Å². The highest BCUT2D eigenvalue weighted by Gasteiger charge is 2.39. The van der Waals surface area contributed by atoms with Gasteiger partial charge in [0.2, 0.25) is 0 Å². The molecule has 0 bridgehead atoms. The minimum Gasteiger partial charge on any atom is -0.381 e. The average molecular weight is 142 g/mol. The summed E-state index contributed by atoms with van der Waals surface area (Å²) < 4.78 is 5.43. The molecule has 1 heteroatoms. The van der Waals surface area contributed by atoms with Gasteiger partial charge in [-0.15, -0.1) is 0 Å². The van der Waals surface area contributed by atoms with Crippen LogP contribution in [0.3, 0.4) is 0 Å². The van der Waals surface area contributed by atoms with Gasteiger partial charge in [0, 0.05) is 6.61 Å². The Morgan fingerprint density at radius 2 is 2.10 bits per heavy atom. The second kappa shape index (κ2) is 2.54. The molecule has 0 spiro atoms. The van der Waals surface area contributed by atoms with Crippen LogP contribution in [0.5, 0.6) is 0 Å². The van der Waals surface area contributed by atoms with Crippen molar-refractivity contribution in [1.29, 1.82) is 0 Å². The van der Waals surface area contributed by atoms with Gasteiger partial charge >= 0.3 is 0 Å². The molecule has 0 aromatic heterocycles. The molecule has 1 saturated heterocycles. The van der Waals surface area contributed by atoms with E-state index < -0.39 is 0 Å². The van der Waals surface area contributed by atoms with Crippen molar-refractivity contribution in [3.8, 4) is 0 Å². The molecule has 1 fully saturated rings. The first-order valence-corrected chi connectivity index (χ1v) is 4.15. The number of hydrogen-bond acceptors (Lipinski definition) is 1. The van der Waals surface area contributed by atoms with Gasteiger partial charge in [-0.3, -0.25) is 0 Å². The van der Waals surface area contributed by atoms with E-state index in [0.717, 1.165) is 25.0 Å². The molecule has 60 valence electrons. The lowest BCUT2D eigenvalue weighted by Crippen LogP contribution is -2.29. The normalized spacial score (nSPS) is 41.1. The molecule has 0 aromatic rings. The van der Waals surface area contributed by atoms with Crippen molar-refractivity contribution in [3.05, 3.63) is 0 Å². The van der Waals surface area contributed by atoms with Gasteiger partial charge < -0.3 is 4.74 Å². The zero-order chi connectivity index (χ0) is 7.78. The van der Waals surface area contributed by atoms with E-state index in [2.05, 4.69) is 27.7 Å². The minimum atomic E-state index is 0.431. The van der Waals surface area contributed by atoms with Crippen LogP contribution in [0.4, 0.5) is 0 Å². The second-order valence-corrected chi connectivity index (χ2v) is 4.08. The molecule has 0 N–H and O–H groups in total. The van der Waals surface area contributed by atoms with Crippen LogP contribution in [0.15, 0.2) is 0 Å². The highest BCUT2D eigenvalue weighted by molar-refractivity contribution is 4.86. The Bertz CT molecular complexity index is 120. The summed E-state index contributed by atoms with van der Waals surface area (Å²) in [6.07, 6.45) is 0. The quantitative estimate of drug-likeness (QED) is 0.546. The van der Waals surface area contributed by atoms with Gasteiger partial charge in [0.05, 0.1) is 6.61 Å². The van der Waals surface area contributed by atoms with E-state index in [9.17, 15) is 0 Å². The van der Waals surface area contributed by atoms with Crippen molar-refractivity contribution >= 4 is 0 Å². The SMILES string of the molecule is CC(C)C1(C)COCC1C. The Morgan fingerprint density at radius 3 is 2.30 bits per heavy atom. The fourth-order valence-corrected chi connectivity index (χ4v) is 1.52. The summed E-state index contributed by atoms with van der Waals surface area (Å²) in [5.41, 5.74) is 0.431. The molecule has 2 unspecified atom stereocenters. The molecule has 0 aliphatic carbocycles. The largest absolute Gasteiger partial charge is 0.381 e. The predicted octanol–water partition coefficient (Wildman–Crippen LogP) is 2.32. The van der Waals surface area contributed by atoms with Gasteiger partial charge in [0.25, 0.3) is 0 Å². The summed E-state index contributed by atoms with van der Waals surface area (Å²) >= 11 is 0. The Morgan fingerprint density at radius 1 is 1.50 bits per heavy atom. The van der Waals surface area contributed by atoms with Gasteiger partial charge in [-0.1, -0.05) is 27.7 Å². The summed E-state index contributed by atoms with van der Waals surface area (Å²) in [7, 11) is 0. The molecule has 0 saturated carbocycles. The maximum atomic E-state index is 5.43. The predicted molar refractivity (Wildman–Crippen MR) is 42.9 cm³/mol. The lowest BCUT2D eigenvalue weighted by molar-refractivity contribution is 0.126. The summed E-state index contributed by atoms with van der Waals surface area (Å²) in [4.78, 5) is 0. The molecule has 0 radical (unpaired) electrons. The van der Waals surface area contributed by atoms with Crippen LogP contribution >= 0.6 is 0 Å². The first kappa shape index (κ1) is 8.06. The standard InChI is InChI=1S/C9H18O/c1-7(2)9(4)6-10-5-8(9)3/h7-8H,5-6H2,1-4H3. The van der Waals surface area contributed by atoms with Crippen LogP contribution < -0.4 is 0 Å². The maximum Gasteiger partial charge on any atom is 0.0525 e. The molecule has 0 aromatic carbocycles. The van der Waals surface area contributed by atoms with Crippen molar-refractivity contribution in [2.45, 2.75) is 27.7 Å². The number of hydrogen-bond donors (Lipinski definition) is 0. The van der Waals surface area contributed by atoms with Gasteiger partial charge in [-0.2, -0.15) is 0 Å². The second-order valence-electron chi connectivity index (χ2n) is 4.08. The maximum absolute atomic E-state index is 5.43. The Hall–Kier alpha value is -0.0400. The molecular formula is C9H18O. The van der Waals surface area contributed by atoms with Crippen molar-refractivity contribution in [2.75, 3.05) is 13.2 Å². The smallest absolute Gasteiger partial charge is 0.0525 e. The van der Waals surface area contributed by atoms with Crippen LogP contribution in [-0.2, 0) is 4.74 Å². The molecule has 10 heavy (non-hydrogen) atoms. The van der Waals surface area contributed by atoms with E-state index in [-0.39, 0.29) is 0 Å². The Balaban J connectivity index is 2.66. The third kappa shape index (κ3) is 1.07. The van der Waals surface area contributed by atoms with Crippen LogP contribution in [0.25, 0.3) is 0 Å². The van der Waals surface area contributed by atoms with E-state index in [4.69, 9.17) is 4.74 Å². The third-order valence-electron chi connectivity index (χ3n) is 3.23. The molecule has 1 aliphatic heterocycles. The Labute approximate surface area is 63.8 Å². The monoisotopic (exact) mass is 142 g/mol. The average Bonchev–Trinajstić information content (AvgIpc) is 2.15. The van der Waals surface area contributed by atoms with Gasteiger partial charge in [0.15, 0.2) is 0 Å². The first-order valence-electron chi connectivity index (χ1n) is 4.15. The summed E-state index contributed by atoms with van der Waals surface area (Å²) in [5.74, 6) is 1.47. The Kier molecular flexibility index (Phi) is 2.04. The van der Waals surface area contributed by atoms with E-state index in [1.807, 2.05) is 0 Å². The molecule has 2 atom stereocenters. The molecule has 1 aliphatic rings. The third-order valence-corrected chi connectivity index (χ3v) is 3.23. The lowest BCUT2D eigenvalue weighted by Gasteiger charge is -2.31. The molecule has 1 heterocycles. The fourth-order valence-electron chi connectivity index (χ4n) is 1.52. The summed E-state index contributed by atoms with van der Waals surface area (Å²) in [6, 6.07) is 0. The van der Waals surface area contributed by atoms with Gasteiger partial charge in [0.1, 0.15) is 0 Å². The van der Waals surface area contributed by atoms with Crippen molar-refractivity contribution < 1.29 is 4.74 Å². The number of rotatable bonds is 1. The summed E-state index contributed by atoms with van der Waals surface area (Å²) in [5, 5.41) is 0. The van der Waals surface area contributed by atoms with Crippen molar-refractivity contribution in [3.63, 3.8) is 0 Å². The highest BCUT2D eigenvalue weighted by atomic mass is 16.5. The van der Waals surface area contributed by atoms with Gasteiger partial charge in [-0.05, 0) is 17.3 Å². The van der Waals surface area contributed by atoms with E-state index >= 15 is 0 Å². The molecule has 1 rings (SSSR count). The van der Waals surface area contributed by atoms with Crippen molar-refractivity contribution in [2.24, 2.45) is 17.3 Å².